The van der Waals surface area contributed by atoms with Crippen molar-refractivity contribution in [3.8, 4) is 0 Å². The van der Waals surface area contributed by atoms with E-state index in [-0.39, 0.29) is 15.5 Å². The lowest BCUT2D eigenvalue weighted by Gasteiger charge is -2.26. The van der Waals surface area contributed by atoms with Crippen LogP contribution in [0, 0.1) is 0 Å². The third-order valence-electron chi connectivity index (χ3n) is 3.22. The molecule has 2 nitrogen and oxygen atoms in total. The first-order valence-electron chi connectivity index (χ1n) is 7.00. The number of rotatable bonds is 6. The summed E-state index contributed by atoms with van der Waals surface area (Å²) in [5, 5.41) is 0.208. The molecule has 112 valence electrons. The maximum absolute atomic E-state index is 12.3. The van der Waals surface area contributed by atoms with Crippen LogP contribution in [0.3, 0.4) is 0 Å². The molecule has 0 aliphatic heterocycles. The Morgan fingerprint density at radius 2 is 1.68 bits per heavy atom. The normalized spacial score (nSPS) is 17.2. The molecule has 0 fully saturated rings. The van der Waals surface area contributed by atoms with Crippen molar-refractivity contribution in [2.45, 2.75) is 83.8 Å². The van der Waals surface area contributed by atoms with Gasteiger partial charge in [-0.25, -0.2) is 0 Å². The van der Waals surface area contributed by atoms with Gasteiger partial charge in [0, 0.05) is 26.5 Å². The molecule has 0 N–H and O–H groups in total. The zero-order valence-corrected chi connectivity index (χ0v) is 14.8. The fraction of sp³-hybridized carbons (Fsp3) is 0.812. The van der Waals surface area contributed by atoms with E-state index in [0.29, 0.717) is 0 Å². The highest BCUT2D eigenvalue weighted by Crippen LogP contribution is 2.24. The van der Waals surface area contributed by atoms with Crippen molar-refractivity contribution in [3.63, 3.8) is 0 Å². The van der Waals surface area contributed by atoms with Crippen LogP contribution >= 0.6 is 0 Å². The molecule has 19 heavy (non-hydrogen) atoms. The molecule has 0 bridgehead atoms. The summed E-state index contributed by atoms with van der Waals surface area (Å²) in [6.07, 6.45) is 1.88. The minimum absolute atomic E-state index is 0.112. The third kappa shape index (κ3) is 7.05. The first-order valence-corrected chi connectivity index (χ1v) is 8.21. The molecule has 0 saturated heterocycles. The molecule has 0 heterocycles. The summed E-state index contributed by atoms with van der Waals surface area (Å²) in [7, 11) is -0.804. The van der Waals surface area contributed by atoms with Crippen LogP contribution in [0.5, 0.6) is 0 Å². The average Bonchev–Trinajstić information content (AvgIpc) is 2.22. The molecule has 0 aromatic rings. The van der Waals surface area contributed by atoms with E-state index >= 15 is 0 Å². The molecule has 0 aliphatic rings. The Morgan fingerprint density at radius 1 is 1.21 bits per heavy atom. The summed E-state index contributed by atoms with van der Waals surface area (Å²) in [6.45, 7) is 20.3. The van der Waals surface area contributed by atoms with E-state index in [9.17, 15) is 4.21 Å². The Balaban J connectivity index is 4.60. The lowest BCUT2D eigenvalue weighted by molar-refractivity contribution is 0.458. The smallest absolute Gasteiger partial charge is 0.0555 e. The van der Waals surface area contributed by atoms with E-state index in [0.717, 1.165) is 24.1 Å². The van der Waals surface area contributed by atoms with Gasteiger partial charge in [-0.15, -0.1) is 0 Å². The minimum Gasteiger partial charge on any atom is -0.284 e. The van der Waals surface area contributed by atoms with Crippen molar-refractivity contribution in [3.05, 3.63) is 12.2 Å². The first kappa shape index (κ1) is 18.6. The van der Waals surface area contributed by atoms with Crippen LogP contribution in [0.4, 0.5) is 0 Å². The molecule has 0 aliphatic carbocycles. The predicted octanol–water partition coefficient (Wildman–Crippen LogP) is 4.52. The number of aliphatic imine (C=N–C) groups is 1. The molecule has 0 rings (SSSR count). The number of hydrogen-bond acceptors (Lipinski definition) is 2. The Kier molecular flexibility index (Phi) is 6.67. The molecule has 0 saturated carbocycles. The van der Waals surface area contributed by atoms with Gasteiger partial charge in [-0.3, -0.25) is 9.20 Å². The molecule has 0 aromatic heterocycles. The largest absolute Gasteiger partial charge is 0.284 e. The number of nitrogens with zero attached hydrogens (tertiary/aromatic N) is 1. The lowest BCUT2D eigenvalue weighted by atomic mass is 9.97. The summed E-state index contributed by atoms with van der Waals surface area (Å²) < 4.78 is 12.1. The Hall–Kier alpha value is -0.440. The lowest BCUT2D eigenvalue weighted by Crippen LogP contribution is -2.31. The van der Waals surface area contributed by atoms with E-state index in [1.165, 1.54) is 0 Å². The summed E-state index contributed by atoms with van der Waals surface area (Å²) in [4.78, 5) is 4.72. The van der Waals surface area contributed by atoms with Crippen LogP contribution in [-0.4, -0.2) is 25.5 Å². The second-order valence-corrected chi connectivity index (χ2v) is 9.67. The van der Waals surface area contributed by atoms with Gasteiger partial charge in [0.05, 0.1) is 5.54 Å². The zero-order valence-electron chi connectivity index (χ0n) is 14.0. The van der Waals surface area contributed by atoms with Crippen molar-refractivity contribution in [1.82, 2.24) is 0 Å². The van der Waals surface area contributed by atoms with Gasteiger partial charge in [-0.05, 0) is 66.9 Å². The molecule has 0 amide bonds. The van der Waals surface area contributed by atoms with Crippen molar-refractivity contribution in [2.75, 3.05) is 0 Å². The Bertz CT molecular complexity index is 375. The van der Waals surface area contributed by atoms with Crippen LogP contribution in [0.15, 0.2) is 17.1 Å². The molecule has 0 radical (unpaired) electrons. The van der Waals surface area contributed by atoms with Crippen LogP contribution < -0.4 is 0 Å². The van der Waals surface area contributed by atoms with Gasteiger partial charge in [-0.1, -0.05) is 13.5 Å². The second-order valence-electron chi connectivity index (χ2n) is 7.05. The number of allylic oxidation sites excluding steroid dienone is 1. The van der Waals surface area contributed by atoms with Gasteiger partial charge >= 0.3 is 0 Å². The molecule has 0 aromatic carbocycles. The first-order chi connectivity index (χ1) is 8.37. The monoisotopic (exact) mass is 285 g/mol. The van der Waals surface area contributed by atoms with Crippen LogP contribution in [0.25, 0.3) is 0 Å². The number of hydrogen-bond donors (Lipinski definition) is 0. The van der Waals surface area contributed by atoms with Crippen LogP contribution in [0.2, 0.25) is 0 Å². The average molecular weight is 285 g/mol. The van der Waals surface area contributed by atoms with Crippen molar-refractivity contribution >= 4 is 16.5 Å². The van der Waals surface area contributed by atoms with E-state index < -0.39 is 10.8 Å². The van der Waals surface area contributed by atoms with E-state index in [1.807, 2.05) is 34.6 Å². The highest BCUT2D eigenvalue weighted by Gasteiger charge is 2.26. The van der Waals surface area contributed by atoms with Crippen molar-refractivity contribution in [2.24, 2.45) is 4.99 Å². The van der Waals surface area contributed by atoms with Gasteiger partial charge in [0.2, 0.25) is 0 Å². The van der Waals surface area contributed by atoms with Gasteiger partial charge in [0.1, 0.15) is 0 Å². The van der Waals surface area contributed by atoms with Gasteiger partial charge in [-0.2, -0.15) is 0 Å². The molecule has 3 heteroatoms. The van der Waals surface area contributed by atoms with Gasteiger partial charge in [0.15, 0.2) is 0 Å². The predicted molar refractivity (Wildman–Crippen MR) is 88.6 cm³/mol. The molecule has 0 spiro atoms. The second kappa shape index (κ2) is 6.83. The summed E-state index contributed by atoms with van der Waals surface area (Å²) >= 11 is 0. The van der Waals surface area contributed by atoms with Crippen LogP contribution in [-0.2, 0) is 10.8 Å². The highest BCUT2D eigenvalue weighted by atomic mass is 32.2. The van der Waals surface area contributed by atoms with Crippen molar-refractivity contribution < 1.29 is 4.21 Å². The van der Waals surface area contributed by atoms with Crippen LogP contribution in [0.1, 0.15) is 68.2 Å². The highest BCUT2D eigenvalue weighted by molar-refractivity contribution is 7.87. The summed E-state index contributed by atoms with van der Waals surface area (Å²) in [5.74, 6) is 0. The fourth-order valence-electron chi connectivity index (χ4n) is 1.87. The quantitative estimate of drug-likeness (QED) is 0.660. The molecular formula is C16H31NOS. The fourth-order valence-corrected chi connectivity index (χ4v) is 3.41. The van der Waals surface area contributed by atoms with E-state index in [1.54, 1.807) is 0 Å². The van der Waals surface area contributed by atoms with E-state index in [2.05, 4.69) is 27.4 Å². The summed E-state index contributed by atoms with van der Waals surface area (Å²) in [6, 6.07) is 0. The van der Waals surface area contributed by atoms with Gasteiger partial charge < -0.3 is 0 Å². The summed E-state index contributed by atoms with van der Waals surface area (Å²) in [5.41, 5.74) is 1.91. The van der Waals surface area contributed by atoms with Crippen molar-refractivity contribution in [1.29, 1.82) is 0 Å². The standard InChI is InChI=1S/C16H31NOS/c1-12(2)14(4)17-16(8,9)11-10-13(3)19(18)15(5,6)7/h13H,1,10-11H2,2-9H3. The maximum atomic E-state index is 12.3. The van der Waals surface area contributed by atoms with E-state index in [4.69, 9.17) is 4.99 Å². The SMILES string of the molecule is C=C(C)C(C)=NC(C)(C)CCC(C)S(=O)C(C)(C)C. The Morgan fingerprint density at radius 3 is 2.05 bits per heavy atom. The molecule has 2 unspecified atom stereocenters. The molecule has 2 atom stereocenters. The zero-order chi connectivity index (χ0) is 15.4. The minimum atomic E-state index is -0.804. The maximum Gasteiger partial charge on any atom is 0.0555 e. The third-order valence-corrected chi connectivity index (χ3v) is 5.39. The van der Waals surface area contributed by atoms with Gasteiger partial charge in [0.25, 0.3) is 0 Å². The molecular weight excluding hydrogens is 254 g/mol. The Labute approximate surface area is 122 Å². The topological polar surface area (TPSA) is 29.4 Å².